The number of rotatable bonds is 6. The molecule has 6 heteroatoms. The van der Waals surface area contributed by atoms with E-state index in [1.165, 1.54) is 12.1 Å². The molecule has 1 aromatic carbocycles. The van der Waals surface area contributed by atoms with Gasteiger partial charge in [0.25, 0.3) is 5.69 Å². The molecule has 0 saturated carbocycles. The molecule has 17 heavy (non-hydrogen) atoms. The lowest BCUT2D eigenvalue weighted by atomic mass is 10.0. The molecule has 0 aliphatic rings. The fourth-order valence-electron chi connectivity index (χ4n) is 1.58. The number of amides is 1. The number of primary amides is 1. The van der Waals surface area contributed by atoms with E-state index in [4.69, 9.17) is 5.73 Å². The van der Waals surface area contributed by atoms with Crippen LogP contribution in [0.25, 0.3) is 0 Å². The van der Waals surface area contributed by atoms with Gasteiger partial charge in [-0.25, -0.2) is 0 Å². The minimum Gasteiger partial charge on any atom is -0.369 e. The van der Waals surface area contributed by atoms with Crippen LogP contribution in [0.1, 0.15) is 24.9 Å². The van der Waals surface area contributed by atoms with Crippen LogP contribution < -0.4 is 11.1 Å². The molecule has 0 aliphatic heterocycles. The van der Waals surface area contributed by atoms with Gasteiger partial charge in [-0.2, -0.15) is 0 Å². The van der Waals surface area contributed by atoms with Gasteiger partial charge in [-0.15, -0.1) is 0 Å². The second-order valence-electron chi connectivity index (χ2n) is 3.66. The second kappa shape index (κ2) is 5.95. The predicted octanol–water partition coefficient (Wildman–Crippen LogP) is 1.12. The van der Waals surface area contributed by atoms with Crippen molar-refractivity contribution in [3.8, 4) is 0 Å². The summed E-state index contributed by atoms with van der Waals surface area (Å²) in [6, 6.07) is 6.24. The molecular weight excluding hydrogens is 222 g/mol. The molecule has 0 fully saturated rings. The number of nitrogens with zero attached hydrogens (tertiary/aromatic N) is 1. The number of hydrogen-bond acceptors (Lipinski definition) is 4. The topological polar surface area (TPSA) is 98.3 Å². The predicted molar refractivity (Wildman–Crippen MR) is 63.3 cm³/mol. The van der Waals surface area contributed by atoms with Crippen molar-refractivity contribution < 1.29 is 9.72 Å². The molecule has 0 saturated heterocycles. The molecule has 6 nitrogen and oxygen atoms in total. The fourth-order valence-corrected chi connectivity index (χ4v) is 1.58. The second-order valence-corrected chi connectivity index (χ2v) is 3.66. The number of benzene rings is 1. The molecule has 0 heterocycles. The summed E-state index contributed by atoms with van der Waals surface area (Å²) in [6.45, 7) is 1.98. The number of carbonyl (C=O) groups is 1. The van der Waals surface area contributed by atoms with Gasteiger partial charge in [-0.1, -0.05) is 19.1 Å². The third kappa shape index (κ3) is 3.84. The average molecular weight is 237 g/mol. The maximum atomic E-state index is 10.7. The summed E-state index contributed by atoms with van der Waals surface area (Å²) in [5, 5.41) is 13.6. The zero-order valence-electron chi connectivity index (χ0n) is 9.55. The molecule has 1 rings (SSSR count). The Hall–Kier alpha value is -1.95. The van der Waals surface area contributed by atoms with Gasteiger partial charge in [0.05, 0.1) is 11.5 Å². The zero-order chi connectivity index (χ0) is 12.8. The van der Waals surface area contributed by atoms with Gasteiger partial charge in [0.15, 0.2) is 0 Å². The number of nitrogens with one attached hydrogen (secondary N) is 1. The lowest BCUT2D eigenvalue weighted by molar-refractivity contribution is -0.384. The van der Waals surface area contributed by atoms with E-state index in [0.717, 1.165) is 5.56 Å². The van der Waals surface area contributed by atoms with Gasteiger partial charge in [-0.3, -0.25) is 14.9 Å². The minimum absolute atomic E-state index is 0.0434. The number of nitrogens with two attached hydrogens (primary N) is 1. The maximum Gasteiger partial charge on any atom is 0.269 e. The van der Waals surface area contributed by atoms with E-state index < -0.39 is 10.8 Å². The van der Waals surface area contributed by atoms with Crippen molar-refractivity contribution in [3.05, 3.63) is 39.9 Å². The normalized spacial score (nSPS) is 12.1. The Morgan fingerprint density at radius 1 is 1.59 bits per heavy atom. The number of nitro groups is 1. The Bertz CT molecular complexity index is 420. The highest BCUT2D eigenvalue weighted by Gasteiger charge is 2.13. The van der Waals surface area contributed by atoms with E-state index in [2.05, 4.69) is 5.32 Å². The Morgan fingerprint density at radius 3 is 2.82 bits per heavy atom. The smallest absolute Gasteiger partial charge is 0.269 e. The number of carbonyl (C=O) groups excluding carboxylic acids is 1. The van der Waals surface area contributed by atoms with Crippen molar-refractivity contribution in [2.75, 3.05) is 6.54 Å². The van der Waals surface area contributed by atoms with Crippen LogP contribution in [0.2, 0.25) is 0 Å². The van der Waals surface area contributed by atoms with Gasteiger partial charge in [0.2, 0.25) is 5.91 Å². The van der Waals surface area contributed by atoms with E-state index in [-0.39, 0.29) is 18.3 Å². The van der Waals surface area contributed by atoms with Crippen LogP contribution in [0.4, 0.5) is 5.69 Å². The Labute approximate surface area is 99.0 Å². The first-order chi connectivity index (χ1) is 8.04. The molecule has 1 atom stereocenters. The summed E-state index contributed by atoms with van der Waals surface area (Å²) in [5.74, 6) is -0.450. The summed E-state index contributed by atoms with van der Waals surface area (Å²) in [7, 11) is 0. The first-order valence-corrected chi connectivity index (χ1v) is 5.30. The van der Waals surface area contributed by atoms with Gasteiger partial charge < -0.3 is 11.1 Å². The quantitative estimate of drug-likeness (QED) is 0.572. The SMILES string of the molecule is CCC(NCC(N)=O)c1cccc([N+](=O)[O-])c1. The van der Waals surface area contributed by atoms with Crippen LogP contribution in [0.15, 0.2) is 24.3 Å². The number of nitro benzene ring substituents is 1. The summed E-state index contributed by atoms with van der Waals surface area (Å²) in [4.78, 5) is 20.9. The number of hydrogen-bond donors (Lipinski definition) is 2. The highest BCUT2D eigenvalue weighted by Crippen LogP contribution is 2.21. The van der Waals surface area contributed by atoms with Crippen LogP contribution >= 0.6 is 0 Å². The summed E-state index contributed by atoms with van der Waals surface area (Å²) >= 11 is 0. The van der Waals surface area contributed by atoms with Crippen LogP contribution in [-0.2, 0) is 4.79 Å². The average Bonchev–Trinajstić information content (AvgIpc) is 2.30. The maximum absolute atomic E-state index is 10.7. The van der Waals surface area contributed by atoms with E-state index in [1.54, 1.807) is 12.1 Å². The van der Waals surface area contributed by atoms with E-state index in [1.807, 2.05) is 6.92 Å². The highest BCUT2D eigenvalue weighted by atomic mass is 16.6. The first kappa shape index (κ1) is 13.1. The first-order valence-electron chi connectivity index (χ1n) is 5.30. The van der Waals surface area contributed by atoms with Crippen LogP contribution in [0, 0.1) is 10.1 Å². The van der Waals surface area contributed by atoms with Gasteiger partial charge >= 0.3 is 0 Å². The minimum atomic E-state index is -0.450. The largest absolute Gasteiger partial charge is 0.369 e. The summed E-state index contributed by atoms with van der Waals surface area (Å²) in [6.07, 6.45) is 0.717. The highest BCUT2D eigenvalue weighted by molar-refractivity contribution is 5.75. The van der Waals surface area contributed by atoms with Crippen LogP contribution in [-0.4, -0.2) is 17.4 Å². The van der Waals surface area contributed by atoms with Crippen molar-refractivity contribution in [2.24, 2.45) is 5.73 Å². The van der Waals surface area contributed by atoms with Gasteiger partial charge in [-0.05, 0) is 12.0 Å². The Kier molecular flexibility index (Phi) is 4.59. The Balaban J connectivity index is 2.84. The third-order valence-electron chi connectivity index (χ3n) is 2.41. The van der Waals surface area contributed by atoms with Gasteiger partial charge in [0, 0.05) is 18.2 Å². The molecule has 0 radical (unpaired) electrons. The van der Waals surface area contributed by atoms with Crippen molar-refractivity contribution in [2.45, 2.75) is 19.4 Å². The zero-order valence-corrected chi connectivity index (χ0v) is 9.55. The molecule has 0 aliphatic carbocycles. The molecule has 92 valence electrons. The van der Waals surface area contributed by atoms with Crippen molar-refractivity contribution in [1.29, 1.82) is 0 Å². The standard InChI is InChI=1S/C11H15N3O3/c1-2-10(13-7-11(12)15)8-4-3-5-9(6-8)14(16)17/h3-6,10,13H,2,7H2,1H3,(H2,12,15). The van der Waals surface area contributed by atoms with E-state index in [9.17, 15) is 14.9 Å². The summed E-state index contributed by atoms with van der Waals surface area (Å²) < 4.78 is 0. The van der Waals surface area contributed by atoms with E-state index in [0.29, 0.717) is 6.42 Å². The summed E-state index contributed by atoms with van der Waals surface area (Å²) in [5.41, 5.74) is 5.87. The van der Waals surface area contributed by atoms with Crippen molar-refractivity contribution in [1.82, 2.24) is 5.32 Å². The fraction of sp³-hybridized carbons (Fsp3) is 0.364. The van der Waals surface area contributed by atoms with Crippen molar-refractivity contribution in [3.63, 3.8) is 0 Å². The third-order valence-corrected chi connectivity index (χ3v) is 2.41. The lowest BCUT2D eigenvalue weighted by Crippen LogP contribution is -2.31. The monoisotopic (exact) mass is 237 g/mol. The van der Waals surface area contributed by atoms with Crippen LogP contribution in [0.5, 0.6) is 0 Å². The molecule has 1 unspecified atom stereocenters. The van der Waals surface area contributed by atoms with Crippen molar-refractivity contribution >= 4 is 11.6 Å². The lowest BCUT2D eigenvalue weighted by Gasteiger charge is -2.16. The van der Waals surface area contributed by atoms with E-state index >= 15 is 0 Å². The molecule has 0 bridgehead atoms. The van der Waals surface area contributed by atoms with Gasteiger partial charge in [0.1, 0.15) is 0 Å². The Morgan fingerprint density at radius 2 is 2.29 bits per heavy atom. The van der Waals surface area contributed by atoms with Crippen LogP contribution in [0.3, 0.4) is 0 Å². The molecular formula is C11H15N3O3. The molecule has 1 aromatic rings. The molecule has 1 amide bonds. The molecule has 0 spiro atoms. The molecule has 3 N–H and O–H groups in total. The molecule has 0 aromatic heterocycles. The number of non-ortho nitro benzene ring substituents is 1.